The van der Waals surface area contributed by atoms with Crippen molar-refractivity contribution in [3.05, 3.63) is 81.5 Å². The van der Waals surface area contributed by atoms with Crippen molar-refractivity contribution >= 4 is 34.8 Å². The minimum Gasteiger partial charge on any atom is -0.469 e. The lowest BCUT2D eigenvalue weighted by Crippen LogP contribution is -2.13. The zero-order valence-corrected chi connectivity index (χ0v) is 15.3. The van der Waals surface area contributed by atoms with E-state index in [1.165, 1.54) is 16.8 Å². The summed E-state index contributed by atoms with van der Waals surface area (Å²) in [5.41, 5.74) is 1.01. The van der Waals surface area contributed by atoms with Crippen LogP contribution in [0, 0.1) is 0 Å². The van der Waals surface area contributed by atoms with Gasteiger partial charge in [0.15, 0.2) is 12.4 Å². The van der Waals surface area contributed by atoms with Gasteiger partial charge >= 0.3 is 0 Å². The van der Waals surface area contributed by atoms with Crippen LogP contribution in [0.2, 0.25) is 10.0 Å². The van der Waals surface area contributed by atoms with Crippen LogP contribution >= 0.6 is 23.2 Å². The van der Waals surface area contributed by atoms with Gasteiger partial charge in [-0.25, -0.2) is 4.68 Å². The highest BCUT2D eigenvalue weighted by molar-refractivity contribution is 6.37. The average molecular weight is 389 g/mol. The lowest BCUT2D eigenvalue weighted by atomic mass is 10.1. The standard InChI is InChI=1S/C19H14Cl2N2O3/c1-23-18(26-11-17(24)12-5-3-2-4-6-12)10-16(22-23)19(25)14-8-7-13(20)9-15(14)21/h2-10H,11H2,1H3. The molecule has 0 radical (unpaired) electrons. The largest absolute Gasteiger partial charge is 0.469 e. The van der Waals surface area contributed by atoms with Crippen molar-refractivity contribution in [1.29, 1.82) is 0 Å². The fourth-order valence-electron chi connectivity index (χ4n) is 2.35. The third-order valence-electron chi connectivity index (χ3n) is 3.69. The van der Waals surface area contributed by atoms with E-state index in [4.69, 9.17) is 27.9 Å². The SMILES string of the molecule is Cn1nc(C(=O)c2ccc(Cl)cc2Cl)cc1OCC(=O)c1ccccc1. The average Bonchev–Trinajstić information content (AvgIpc) is 3.01. The maximum absolute atomic E-state index is 12.6. The normalized spacial score (nSPS) is 10.6. The molecule has 0 aliphatic carbocycles. The topological polar surface area (TPSA) is 61.2 Å². The Kier molecular flexibility index (Phi) is 5.40. The molecule has 0 amide bonds. The number of aryl methyl sites for hydroxylation is 1. The van der Waals surface area contributed by atoms with E-state index in [9.17, 15) is 9.59 Å². The van der Waals surface area contributed by atoms with E-state index in [-0.39, 0.29) is 28.9 Å². The van der Waals surface area contributed by atoms with Crippen molar-refractivity contribution in [2.45, 2.75) is 0 Å². The van der Waals surface area contributed by atoms with Crippen molar-refractivity contribution in [1.82, 2.24) is 9.78 Å². The summed E-state index contributed by atoms with van der Waals surface area (Å²) in [5, 5.41) is 4.83. The number of hydrogen-bond donors (Lipinski definition) is 0. The number of carbonyl (C=O) groups is 2. The van der Waals surface area contributed by atoms with Crippen molar-refractivity contribution in [2.24, 2.45) is 7.05 Å². The smallest absolute Gasteiger partial charge is 0.214 e. The van der Waals surface area contributed by atoms with Crippen LogP contribution in [0.1, 0.15) is 26.4 Å². The third kappa shape index (κ3) is 3.95. The summed E-state index contributed by atoms with van der Waals surface area (Å²) in [7, 11) is 1.63. The maximum atomic E-state index is 12.6. The molecule has 0 saturated carbocycles. The van der Waals surface area contributed by atoms with Crippen molar-refractivity contribution in [2.75, 3.05) is 6.61 Å². The molecular formula is C19H14Cl2N2O3. The van der Waals surface area contributed by atoms with E-state index >= 15 is 0 Å². The second-order valence-electron chi connectivity index (χ2n) is 5.52. The number of halogens is 2. The number of carbonyl (C=O) groups excluding carboxylic acids is 2. The highest BCUT2D eigenvalue weighted by Gasteiger charge is 2.19. The predicted molar refractivity (Wildman–Crippen MR) is 99.4 cm³/mol. The van der Waals surface area contributed by atoms with E-state index in [2.05, 4.69) is 5.10 Å². The molecule has 0 bridgehead atoms. The molecule has 5 nitrogen and oxygen atoms in total. The van der Waals surface area contributed by atoms with Gasteiger partial charge in [0.1, 0.15) is 5.69 Å². The van der Waals surface area contributed by atoms with Gasteiger partial charge in [-0.15, -0.1) is 0 Å². The molecule has 7 heteroatoms. The number of nitrogens with zero attached hydrogens (tertiary/aromatic N) is 2. The van der Waals surface area contributed by atoms with Crippen molar-refractivity contribution in [3.8, 4) is 5.88 Å². The zero-order chi connectivity index (χ0) is 18.7. The molecule has 132 valence electrons. The molecule has 2 aromatic carbocycles. The number of ketones is 2. The predicted octanol–water partition coefficient (Wildman–Crippen LogP) is 4.22. The van der Waals surface area contributed by atoms with Crippen LogP contribution in [-0.2, 0) is 7.05 Å². The monoisotopic (exact) mass is 388 g/mol. The molecule has 0 atom stereocenters. The fourth-order valence-corrected chi connectivity index (χ4v) is 2.85. The van der Waals surface area contributed by atoms with Gasteiger partial charge in [0, 0.05) is 29.3 Å². The summed E-state index contributed by atoms with van der Waals surface area (Å²) in [5.74, 6) is -0.213. The quantitative estimate of drug-likeness (QED) is 0.593. The molecule has 0 N–H and O–H groups in total. The zero-order valence-electron chi connectivity index (χ0n) is 13.8. The van der Waals surface area contributed by atoms with Gasteiger partial charge in [0.05, 0.1) is 5.02 Å². The summed E-state index contributed by atoms with van der Waals surface area (Å²) in [6.45, 7) is -0.154. The maximum Gasteiger partial charge on any atom is 0.214 e. The Hall–Kier alpha value is -2.63. The lowest BCUT2D eigenvalue weighted by molar-refractivity contribution is 0.0914. The van der Waals surface area contributed by atoms with E-state index in [0.717, 1.165) is 0 Å². The molecule has 0 spiro atoms. The molecule has 26 heavy (non-hydrogen) atoms. The molecule has 0 unspecified atom stereocenters. The Bertz CT molecular complexity index is 968. The van der Waals surface area contributed by atoms with Crippen LogP contribution < -0.4 is 4.74 Å². The van der Waals surface area contributed by atoms with Crippen LogP contribution in [0.5, 0.6) is 5.88 Å². The Morgan fingerprint density at radius 3 is 2.50 bits per heavy atom. The molecule has 0 saturated heterocycles. The van der Waals surface area contributed by atoms with E-state index < -0.39 is 0 Å². The minimum absolute atomic E-state index is 0.154. The second-order valence-corrected chi connectivity index (χ2v) is 6.37. The molecule has 3 rings (SSSR count). The Labute approximate surface area is 160 Å². The Morgan fingerprint density at radius 2 is 1.81 bits per heavy atom. The van der Waals surface area contributed by atoms with E-state index in [1.807, 2.05) is 6.07 Å². The fraction of sp³-hybridized carbons (Fsp3) is 0.105. The molecule has 0 aliphatic heterocycles. The molecular weight excluding hydrogens is 375 g/mol. The van der Waals surface area contributed by atoms with Crippen molar-refractivity contribution in [3.63, 3.8) is 0 Å². The number of rotatable bonds is 6. The highest BCUT2D eigenvalue weighted by Crippen LogP contribution is 2.24. The summed E-state index contributed by atoms with van der Waals surface area (Å²) < 4.78 is 6.91. The number of hydrogen-bond acceptors (Lipinski definition) is 4. The number of Topliss-reactive ketones (excluding diaryl/α,β-unsaturated/α-hetero) is 1. The molecule has 0 aliphatic rings. The van der Waals surface area contributed by atoms with Gasteiger partial charge in [0.25, 0.3) is 0 Å². The first-order chi connectivity index (χ1) is 12.5. The van der Waals surface area contributed by atoms with E-state index in [1.54, 1.807) is 43.4 Å². The Morgan fingerprint density at radius 1 is 1.08 bits per heavy atom. The molecule has 0 fully saturated rings. The van der Waals surface area contributed by atoms with Gasteiger partial charge in [0.2, 0.25) is 11.7 Å². The second kappa shape index (κ2) is 7.72. The van der Waals surface area contributed by atoms with Gasteiger partial charge in [-0.05, 0) is 18.2 Å². The van der Waals surface area contributed by atoms with Gasteiger partial charge in [-0.2, -0.15) is 5.10 Å². The summed E-state index contributed by atoms with van der Waals surface area (Å²) in [6.07, 6.45) is 0. The molecule has 1 heterocycles. The first-order valence-corrected chi connectivity index (χ1v) is 8.46. The molecule has 3 aromatic rings. The number of ether oxygens (including phenoxy) is 1. The summed E-state index contributed by atoms with van der Waals surface area (Å²) in [6, 6.07) is 14.9. The number of aromatic nitrogens is 2. The van der Waals surface area contributed by atoms with Crippen LogP contribution in [0.25, 0.3) is 0 Å². The highest BCUT2D eigenvalue weighted by atomic mass is 35.5. The van der Waals surface area contributed by atoms with Crippen LogP contribution in [0.3, 0.4) is 0 Å². The van der Waals surface area contributed by atoms with Gasteiger partial charge in [-0.1, -0.05) is 53.5 Å². The lowest BCUT2D eigenvalue weighted by Gasteiger charge is -2.04. The first kappa shape index (κ1) is 18.2. The van der Waals surface area contributed by atoms with Crippen LogP contribution in [0.15, 0.2) is 54.6 Å². The first-order valence-electron chi connectivity index (χ1n) is 7.70. The van der Waals surface area contributed by atoms with E-state index in [0.29, 0.717) is 22.0 Å². The minimum atomic E-state index is -0.355. The van der Waals surface area contributed by atoms with Gasteiger partial charge < -0.3 is 4.74 Å². The summed E-state index contributed by atoms with van der Waals surface area (Å²) in [4.78, 5) is 24.7. The third-order valence-corrected chi connectivity index (χ3v) is 4.24. The summed E-state index contributed by atoms with van der Waals surface area (Å²) >= 11 is 11.9. The number of benzene rings is 2. The molecule has 1 aromatic heterocycles. The van der Waals surface area contributed by atoms with Crippen LogP contribution in [-0.4, -0.2) is 28.0 Å². The Balaban J connectivity index is 1.74. The van der Waals surface area contributed by atoms with Gasteiger partial charge in [-0.3, -0.25) is 9.59 Å². The van der Waals surface area contributed by atoms with Crippen LogP contribution in [0.4, 0.5) is 0 Å². The van der Waals surface area contributed by atoms with Crippen molar-refractivity contribution < 1.29 is 14.3 Å².